The first-order valence-electron chi connectivity index (χ1n) is 5.93. The third kappa shape index (κ3) is 2.56. The molecule has 1 fully saturated rings. The van der Waals surface area contributed by atoms with Crippen LogP contribution in [0.15, 0.2) is 18.2 Å². The van der Waals surface area contributed by atoms with Gasteiger partial charge in [-0.3, -0.25) is 4.79 Å². The Morgan fingerprint density at radius 2 is 2.06 bits per heavy atom. The van der Waals surface area contributed by atoms with Crippen LogP contribution in [0.25, 0.3) is 0 Å². The maximum atomic E-state index is 12.1. The number of phenols is 2. The second-order valence-electron chi connectivity index (χ2n) is 4.88. The van der Waals surface area contributed by atoms with Crippen molar-refractivity contribution >= 4 is 5.91 Å². The predicted octanol–water partition coefficient (Wildman–Crippen LogP) is 0.941. The van der Waals surface area contributed by atoms with Crippen LogP contribution in [0.2, 0.25) is 0 Å². The highest BCUT2D eigenvalue weighted by Gasteiger charge is 2.29. The zero-order valence-electron chi connectivity index (χ0n) is 10.2. The molecule has 0 spiro atoms. The number of rotatable bonds is 3. The lowest BCUT2D eigenvalue weighted by Gasteiger charge is -2.34. The standard InChI is InChI=1S/C13H17NO4/c1-14(7-8-4-10(16)5-8)13(18)11-3-2-9(15)6-12(11)17/h2-3,6,8,10,15-17H,4-5,7H2,1H3. The molecule has 18 heavy (non-hydrogen) atoms. The van der Waals surface area contributed by atoms with Crippen LogP contribution < -0.4 is 0 Å². The topological polar surface area (TPSA) is 81.0 Å². The minimum atomic E-state index is -0.283. The van der Waals surface area contributed by atoms with Gasteiger partial charge in [-0.1, -0.05) is 0 Å². The summed E-state index contributed by atoms with van der Waals surface area (Å²) >= 11 is 0. The van der Waals surface area contributed by atoms with Crippen molar-refractivity contribution in [3.63, 3.8) is 0 Å². The van der Waals surface area contributed by atoms with E-state index in [0.29, 0.717) is 12.5 Å². The molecule has 0 unspecified atom stereocenters. The highest BCUT2D eigenvalue weighted by atomic mass is 16.3. The second kappa shape index (κ2) is 4.86. The number of amides is 1. The van der Waals surface area contributed by atoms with Gasteiger partial charge in [-0.05, 0) is 30.9 Å². The summed E-state index contributed by atoms with van der Waals surface area (Å²) < 4.78 is 0. The van der Waals surface area contributed by atoms with Gasteiger partial charge in [0.15, 0.2) is 0 Å². The Morgan fingerprint density at radius 3 is 2.61 bits per heavy atom. The van der Waals surface area contributed by atoms with Gasteiger partial charge in [-0.15, -0.1) is 0 Å². The molecule has 1 aliphatic carbocycles. The Balaban J connectivity index is 2.01. The van der Waals surface area contributed by atoms with E-state index in [1.807, 2.05) is 0 Å². The average Bonchev–Trinajstić information content (AvgIpc) is 2.26. The van der Waals surface area contributed by atoms with Gasteiger partial charge in [-0.2, -0.15) is 0 Å². The molecule has 5 heteroatoms. The number of hydrogen-bond acceptors (Lipinski definition) is 4. The summed E-state index contributed by atoms with van der Waals surface area (Å²) in [4.78, 5) is 13.6. The van der Waals surface area contributed by atoms with Crippen LogP contribution in [0.4, 0.5) is 0 Å². The van der Waals surface area contributed by atoms with E-state index < -0.39 is 0 Å². The summed E-state index contributed by atoms with van der Waals surface area (Å²) in [5.74, 6) is -0.253. The monoisotopic (exact) mass is 251 g/mol. The van der Waals surface area contributed by atoms with E-state index in [0.717, 1.165) is 18.9 Å². The van der Waals surface area contributed by atoms with Gasteiger partial charge in [0.25, 0.3) is 5.91 Å². The SMILES string of the molecule is CN(CC1CC(O)C1)C(=O)c1ccc(O)cc1O. The quantitative estimate of drug-likeness (QED) is 0.747. The summed E-state index contributed by atoms with van der Waals surface area (Å²) in [7, 11) is 1.67. The molecule has 5 nitrogen and oxygen atoms in total. The Kier molecular flexibility index (Phi) is 3.43. The van der Waals surface area contributed by atoms with Crippen LogP contribution in [0.5, 0.6) is 11.5 Å². The number of aliphatic hydroxyl groups excluding tert-OH is 1. The Bertz CT molecular complexity index is 454. The van der Waals surface area contributed by atoms with E-state index >= 15 is 0 Å². The molecule has 0 heterocycles. The fraction of sp³-hybridized carbons (Fsp3) is 0.462. The van der Waals surface area contributed by atoms with Crippen LogP contribution in [0, 0.1) is 5.92 Å². The average molecular weight is 251 g/mol. The molecule has 1 amide bonds. The van der Waals surface area contributed by atoms with Crippen LogP contribution in [-0.4, -0.2) is 45.8 Å². The lowest BCUT2D eigenvalue weighted by atomic mass is 9.82. The smallest absolute Gasteiger partial charge is 0.257 e. The van der Waals surface area contributed by atoms with Crippen molar-refractivity contribution in [2.75, 3.05) is 13.6 Å². The highest BCUT2D eigenvalue weighted by molar-refractivity contribution is 5.96. The Morgan fingerprint density at radius 1 is 1.39 bits per heavy atom. The number of carbonyl (C=O) groups is 1. The van der Waals surface area contributed by atoms with Gasteiger partial charge in [0, 0.05) is 19.7 Å². The molecule has 98 valence electrons. The Hall–Kier alpha value is -1.75. The molecule has 0 aliphatic heterocycles. The third-order valence-corrected chi connectivity index (χ3v) is 3.30. The third-order valence-electron chi connectivity index (χ3n) is 3.30. The number of aliphatic hydroxyl groups is 1. The van der Waals surface area contributed by atoms with Crippen molar-refractivity contribution < 1.29 is 20.1 Å². The van der Waals surface area contributed by atoms with Crippen LogP contribution in [0.3, 0.4) is 0 Å². The molecular formula is C13H17NO4. The molecule has 0 radical (unpaired) electrons. The molecule has 0 atom stereocenters. The van der Waals surface area contributed by atoms with Crippen molar-refractivity contribution in [2.45, 2.75) is 18.9 Å². The number of hydrogen-bond donors (Lipinski definition) is 3. The fourth-order valence-corrected chi connectivity index (χ4v) is 2.23. The maximum absolute atomic E-state index is 12.1. The van der Waals surface area contributed by atoms with E-state index in [2.05, 4.69) is 0 Å². The van der Waals surface area contributed by atoms with Gasteiger partial charge < -0.3 is 20.2 Å². The maximum Gasteiger partial charge on any atom is 0.257 e. The zero-order valence-corrected chi connectivity index (χ0v) is 10.2. The van der Waals surface area contributed by atoms with Gasteiger partial charge in [-0.25, -0.2) is 0 Å². The number of benzene rings is 1. The van der Waals surface area contributed by atoms with Gasteiger partial charge in [0.2, 0.25) is 0 Å². The first-order valence-corrected chi connectivity index (χ1v) is 5.93. The van der Waals surface area contributed by atoms with E-state index in [1.165, 1.54) is 17.0 Å². The molecule has 3 N–H and O–H groups in total. The van der Waals surface area contributed by atoms with Crippen molar-refractivity contribution in [3.05, 3.63) is 23.8 Å². The summed E-state index contributed by atoms with van der Waals surface area (Å²) in [5, 5.41) is 28.0. The molecule has 0 bridgehead atoms. The fourth-order valence-electron chi connectivity index (χ4n) is 2.23. The highest BCUT2D eigenvalue weighted by Crippen LogP contribution is 2.29. The Labute approximate surface area is 105 Å². The largest absolute Gasteiger partial charge is 0.508 e. The van der Waals surface area contributed by atoms with Crippen molar-refractivity contribution in [1.82, 2.24) is 4.90 Å². The molecule has 1 aromatic carbocycles. The van der Waals surface area contributed by atoms with E-state index in [-0.39, 0.29) is 29.1 Å². The van der Waals surface area contributed by atoms with E-state index in [1.54, 1.807) is 7.05 Å². The molecule has 0 aromatic heterocycles. The molecule has 0 saturated heterocycles. The molecule has 1 aliphatic rings. The van der Waals surface area contributed by atoms with Crippen LogP contribution in [-0.2, 0) is 0 Å². The lowest BCUT2D eigenvalue weighted by molar-refractivity contribution is 0.0264. The number of aromatic hydroxyl groups is 2. The minimum Gasteiger partial charge on any atom is -0.508 e. The number of carbonyl (C=O) groups excluding carboxylic acids is 1. The summed E-state index contributed by atoms with van der Waals surface area (Å²) in [6, 6.07) is 3.92. The first-order chi connectivity index (χ1) is 8.47. The normalized spacial score (nSPS) is 22.3. The molecule has 1 aromatic rings. The van der Waals surface area contributed by atoms with Gasteiger partial charge >= 0.3 is 0 Å². The van der Waals surface area contributed by atoms with Gasteiger partial charge in [0.05, 0.1) is 11.7 Å². The van der Waals surface area contributed by atoms with Crippen molar-refractivity contribution in [2.24, 2.45) is 5.92 Å². The number of nitrogens with zero attached hydrogens (tertiary/aromatic N) is 1. The summed E-state index contributed by atoms with van der Waals surface area (Å²) in [5.41, 5.74) is 0.176. The molecule has 2 rings (SSSR count). The summed E-state index contributed by atoms with van der Waals surface area (Å²) in [6.07, 6.45) is 1.21. The predicted molar refractivity (Wildman–Crippen MR) is 65.5 cm³/mol. The van der Waals surface area contributed by atoms with Crippen molar-refractivity contribution in [3.8, 4) is 11.5 Å². The minimum absolute atomic E-state index is 0.0752. The van der Waals surface area contributed by atoms with Crippen molar-refractivity contribution in [1.29, 1.82) is 0 Å². The zero-order chi connectivity index (χ0) is 13.3. The van der Waals surface area contributed by atoms with Crippen LogP contribution in [0.1, 0.15) is 23.2 Å². The van der Waals surface area contributed by atoms with E-state index in [4.69, 9.17) is 5.11 Å². The first kappa shape index (κ1) is 12.7. The lowest BCUT2D eigenvalue weighted by Crippen LogP contribution is -2.39. The molecule has 1 saturated carbocycles. The number of phenolic OH excluding ortho intramolecular Hbond substituents is 2. The molecular weight excluding hydrogens is 234 g/mol. The van der Waals surface area contributed by atoms with E-state index in [9.17, 15) is 15.0 Å². The van der Waals surface area contributed by atoms with Gasteiger partial charge in [0.1, 0.15) is 11.5 Å². The second-order valence-corrected chi connectivity index (χ2v) is 4.88. The van der Waals surface area contributed by atoms with Crippen LogP contribution >= 0.6 is 0 Å². The summed E-state index contributed by atoms with van der Waals surface area (Å²) in [6.45, 7) is 0.566.